The minimum atomic E-state index is -1.29. The van der Waals surface area contributed by atoms with Crippen molar-refractivity contribution in [2.45, 2.75) is 76.9 Å². The van der Waals surface area contributed by atoms with Crippen LogP contribution in [0.4, 0.5) is 0 Å². The van der Waals surface area contributed by atoms with Crippen LogP contribution >= 0.6 is 0 Å². The molecule has 2 heterocycles. The van der Waals surface area contributed by atoms with E-state index in [2.05, 4.69) is 10.5 Å². The summed E-state index contributed by atoms with van der Waals surface area (Å²) >= 11 is 0. The summed E-state index contributed by atoms with van der Waals surface area (Å²) in [7, 11) is 0. The first-order valence-electron chi connectivity index (χ1n) is 10.3. The Kier molecular flexibility index (Phi) is 6.70. The van der Waals surface area contributed by atoms with Gasteiger partial charge in [-0.2, -0.15) is 0 Å². The lowest BCUT2D eigenvalue weighted by Gasteiger charge is -2.39. The van der Waals surface area contributed by atoms with Crippen LogP contribution in [0.5, 0.6) is 0 Å². The normalized spacial score (nSPS) is 25.0. The summed E-state index contributed by atoms with van der Waals surface area (Å²) in [6.45, 7) is 4.32. The highest BCUT2D eigenvalue weighted by Gasteiger charge is 2.41. The zero-order valence-electron chi connectivity index (χ0n) is 16.0. The monoisotopic (exact) mass is 363 g/mol. The Morgan fingerprint density at radius 3 is 2.88 bits per heavy atom. The van der Waals surface area contributed by atoms with Crippen LogP contribution in [0.1, 0.15) is 69.7 Å². The van der Waals surface area contributed by atoms with Crippen molar-refractivity contribution < 1.29 is 14.4 Å². The van der Waals surface area contributed by atoms with Crippen molar-refractivity contribution in [3.05, 3.63) is 17.5 Å². The van der Waals surface area contributed by atoms with Gasteiger partial charge in [-0.25, -0.2) is 0 Å². The van der Waals surface area contributed by atoms with Gasteiger partial charge in [0.2, 0.25) is 0 Å². The van der Waals surface area contributed by atoms with Crippen molar-refractivity contribution in [3.8, 4) is 0 Å². The molecule has 26 heavy (non-hydrogen) atoms. The molecule has 1 aliphatic heterocycles. The van der Waals surface area contributed by atoms with Crippen LogP contribution in [0, 0.1) is 5.92 Å². The number of rotatable bonds is 8. The molecule has 1 aromatic rings. The molecule has 0 aromatic carbocycles. The van der Waals surface area contributed by atoms with Gasteiger partial charge in [0.15, 0.2) is 11.4 Å². The third-order valence-corrected chi connectivity index (χ3v) is 5.92. The van der Waals surface area contributed by atoms with E-state index in [0.717, 1.165) is 49.7 Å². The van der Waals surface area contributed by atoms with Gasteiger partial charge >= 0.3 is 0 Å². The summed E-state index contributed by atoms with van der Waals surface area (Å²) in [6.07, 6.45) is 9.90. The predicted octanol–water partition coefficient (Wildman–Crippen LogP) is 2.65. The van der Waals surface area contributed by atoms with Gasteiger partial charge in [0, 0.05) is 25.7 Å². The number of amides is 1. The van der Waals surface area contributed by atoms with E-state index in [1.54, 1.807) is 0 Å². The number of hydrogen-bond donors (Lipinski definition) is 2. The number of hydrogen-bond acceptors (Lipinski definition) is 5. The molecular weight excluding hydrogens is 330 g/mol. The maximum absolute atomic E-state index is 12.8. The Morgan fingerprint density at radius 1 is 1.35 bits per heavy atom. The third-order valence-electron chi connectivity index (χ3n) is 5.92. The molecular formula is C20H33N3O3. The Labute approximate surface area is 156 Å². The number of likely N-dealkylation sites (tertiary alicyclic amines) is 1. The molecule has 6 nitrogen and oxygen atoms in total. The molecule has 2 fully saturated rings. The van der Waals surface area contributed by atoms with E-state index >= 15 is 0 Å². The fraction of sp³-hybridized carbons (Fsp3) is 0.800. The molecule has 1 aromatic heterocycles. The second-order valence-corrected chi connectivity index (χ2v) is 7.96. The second-order valence-electron chi connectivity index (χ2n) is 7.96. The van der Waals surface area contributed by atoms with Gasteiger partial charge in [0.1, 0.15) is 0 Å². The molecule has 0 unspecified atom stereocenters. The fourth-order valence-electron chi connectivity index (χ4n) is 4.25. The Morgan fingerprint density at radius 2 is 2.15 bits per heavy atom. The van der Waals surface area contributed by atoms with Crippen LogP contribution in [0.25, 0.3) is 0 Å². The molecule has 6 heteroatoms. The molecule has 1 aliphatic carbocycles. The van der Waals surface area contributed by atoms with Gasteiger partial charge in [-0.3, -0.25) is 4.79 Å². The summed E-state index contributed by atoms with van der Waals surface area (Å²) in [5, 5.41) is 18.0. The molecule has 0 bridgehead atoms. The maximum Gasteiger partial charge on any atom is 0.255 e. The zero-order valence-corrected chi connectivity index (χ0v) is 16.0. The molecule has 0 spiro atoms. The molecule has 1 amide bonds. The average molecular weight is 364 g/mol. The number of aryl methyl sites for hydroxylation is 1. The quantitative estimate of drug-likeness (QED) is 0.742. The summed E-state index contributed by atoms with van der Waals surface area (Å²) in [5.41, 5.74) is -0.374. The van der Waals surface area contributed by atoms with Gasteiger partial charge in [0.25, 0.3) is 5.91 Å². The van der Waals surface area contributed by atoms with Crippen LogP contribution in [0.15, 0.2) is 10.6 Å². The number of piperidine rings is 1. The summed E-state index contributed by atoms with van der Waals surface area (Å²) in [6, 6.07) is 1.91. The van der Waals surface area contributed by atoms with Gasteiger partial charge < -0.3 is 19.8 Å². The lowest BCUT2D eigenvalue weighted by atomic mass is 9.86. The lowest BCUT2D eigenvalue weighted by Crippen LogP contribution is -2.58. The minimum Gasteiger partial charge on any atom is -0.379 e. The summed E-state index contributed by atoms with van der Waals surface area (Å²) in [5.74, 6) is 1.38. The summed E-state index contributed by atoms with van der Waals surface area (Å²) < 4.78 is 5.24. The van der Waals surface area contributed by atoms with E-state index in [4.69, 9.17) is 4.52 Å². The zero-order chi connectivity index (χ0) is 18.4. The number of carbonyl (C=O) groups excluding carboxylic acids is 1. The lowest BCUT2D eigenvalue weighted by molar-refractivity contribution is -0.156. The maximum atomic E-state index is 12.8. The van der Waals surface area contributed by atoms with Crippen molar-refractivity contribution in [3.63, 3.8) is 0 Å². The highest BCUT2D eigenvalue weighted by atomic mass is 16.5. The van der Waals surface area contributed by atoms with E-state index in [1.807, 2.05) is 17.9 Å². The van der Waals surface area contributed by atoms with Crippen molar-refractivity contribution in [1.29, 1.82) is 0 Å². The first kappa shape index (κ1) is 19.4. The smallest absolute Gasteiger partial charge is 0.255 e. The van der Waals surface area contributed by atoms with E-state index in [-0.39, 0.29) is 12.5 Å². The number of carbonyl (C=O) groups is 1. The second kappa shape index (κ2) is 9.00. The molecule has 1 saturated heterocycles. The first-order chi connectivity index (χ1) is 12.6. The largest absolute Gasteiger partial charge is 0.379 e. The van der Waals surface area contributed by atoms with Gasteiger partial charge in [-0.1, -0.05) is 44.2 Å². The number of aliphatic hydroxyl groups is 1. The van der Waals surface area contributed by atoms with Crippen molar-refractivity contribution in [2.24, 2.45) is 5.92 Å². The predicted molar refractivity (Wildman–Crippen MR) is 99.5 cm³/mol. The van der Waals surface area contributed by atoms with Crippen LogP contribution in [0.3, 0.4) is 0 Å². The first-order valence-corrected chi connectivity index (χ1v) is 10.3. The molecule has 0 radical (unpaired) electrons. The minimum absolute atomic E-state index is 0.112. The Hall–Kier alpha value is -1.40. The third kappa shape index (κ3) is 4.86. The topological polar surface area (TPSA) is 78.6 Å². The molecule has 3 rings (SSSR count). The Bertz CT molecular complexity index is 583. The highest BCUT2D eigenvalue weighted by molar-refractivity contribution is 5.86. The van der Waals surface area contributed by atoms with E-state index in [1.165, 1.54) is 32.1 Å². The molecule has 146 valence electrons. The van der Waals surface area contributed by atoms with Crippen LogP contribution < -0.4 is 5.32 Å². The van der Waals surface area contributed by atoms with Crippen LogP contribution in [-0.4, -0.2) is 46.3 Å². The van der Waals surface area contributed by atoms with Gasteiger partial charge in [-0.05, 0) is 31.6 Å². The van der Waals surface area contributed by atoms with E-state index in [0.29, 0.717) is 13.0 Å². The molecule has 2 N–H and O–H groups in total. The summed E-state index contributed by atoms with van der Waals surface area (Å²) in [4.78, 5) is 14.7. The molecule has 2 aliphatic rings. The SMILES string of the molecule is CCc1cc(CNC[C@]2(O)CCCN(CCC3CCCCC3)C2=O)on1. The van der Waals surface area contributed by atoms with Crippen molar-refractivity contribution in [2.75, 3.05) is 19.6 Å². The molecule has 1 atom stereocenters. The van der Waals surface area contributed by atoms with Crippen LogP contribution in [-0.2, 0) is 17.8 Å². The van der Waals surface area contributed by atoms with Gasteiger partial charge in [-0.15, -0.1) is 0 Å². The number of aromatic nitrogens is 1. The van der Waals surface area contributed by atoms with Crippen LogP contribution in [0.2, 0.25) is 0 Å². The Balaban J connectivity index is 1.46. The molecule has 1 saturated carbocycles. The van der Waals surface area contributed by atoms with Crippen molar-refractivity contribution >= 4 is 5.91 Å². The van der Waals surface area contributed by atoms with E-state index in [9.17, 15) is 9.90 Å². The number of nitrogens with one attached hydrogen (secondary N) is 1. The van der Waals surface area contributed by atoms with Gasteiger partial charge in [0.05, 0.1) is 12.2 Å². The average Bonchev–Trinajstić information content (AvgIpc) is 3.12. The fourth-order valence-corrected chi connectivity index (χ4v) is 4.25. The standard InChI is InChI=1S/C20H33N3O3/c1-2-17-13-18(26-22-17)14-21-15-20(25)10-6-11-23(19(20)24)12-9-16-7-4-3-5-8-16/h13,16,21,25H,2-12,14-15H2,1H3/t20-/m1/s1. The number of nitrogens with zero attached hydrogens (tertiary/aromatic N) is 2. The van der Waals surface area contributed by atoms with E-state index < -0.39 is 5.60 Å². The highest BCUT2D eigenvalue weighted by Crippen LogP contribution is 2.28. The van der Waals surface area contributed by atoms with Crippen molar-refractivity contribution in [1.82, 2.24) is 15.4 Å².